The van der Waals surface area contributed by atoms with Crippen molar-refractivity contribution in [2.24, 2.45) is 0 Å². The van der Waals surface area contributed by atoms with Crippen LogP contribution in [0.3, 0.4) is 0 Å². The highest BCUT2D eigenvalue weighted by atomic mass is 32.2. The Morgan fingerprint density at radius 2 is 2.05 bits per heavy atom. The highest BCUT2D eigenvalue weighted by molar-refractivity contribution is 7.89. The lowest BCUT2D eigenvalue weighted by Gasteiger charge is -2.17. The van der Waals surface area contributed by atoms with Gasteiger partial charge in [0.15, 0.2) is 0 Å². The number of non-ortho nitro benzene ring substituents is 1. The SMILES string of the molecule is CCCN(C)S(=O)(=O)c1ccc([N+](=O)[O-])cc1C(=O)OC. The zero-order valence-corrected chi connectivity index (χ0v) is 12.7. The zero-order chi connectivity index (χ0) is 16.2. The Hall–Kier alpha value is -2.00. The second-order valence-electron chi connectivity index (χ2n) is 4.26. The lowest BCUT2D eigenvalue weighted by atomic mass is 10.2. The Morgan fingerprint density at radius 3 is 2.52 bits per heavy atom. The van der Waals surface area contributed by atoms with Crippen molar-refractivity contribution in [2.45, 2.75) is 18.2 Å². The fraction of sp³-hybridized carbons (Fsp3) is 0.417. The van der Waals surface area contributed by atoms with Gasteiger partial charge in [0.25, 0.3) is 5.69 Å². The number of ether oxygens (including phenoxy) is 1. The average Bonchev–Trinajstić information content (AvgIpc) is 2.45. The first-order valence-electron chi connectivity index (χ1n) is 6.08. The number of rotatable bonds is 6. The molecule has 0 saturated carbocycles. The number of benzene rings is 1. The first-order valence-corrected chi connectivity index (χ1v) is 7.52. The summed E-state index contributed by atoms with van der Waals surface area (Å²) in [6.45, 7) is 2.07. The van der Waals surface area contributed by atoms with Gasteiger partial charge < -0.3 is 4.74 Å². The van der Waals surface area contributed by atoms with Crippen LogP contribution in [0, 0.1) is 10.1 Å². The van der Waals surface area contributed by atoms with Crippen LogP contribution in [-0.4, -0.2) is 44.3 Å². The summed E-state index contributed by atoms with van der Waals surface area (Å²) in [5.74, 6) is -0.942. The average molecular weight is 316 g/mol. The normalized spacial score (nSPS) is 11.4. The van der Waals surface area contributed by atoms with Gasteiger partial charge in [-0.3, -0.25) is 10.1 Å². The van der Waals surface area contributed by atoms with Crippen LogP contribution in [-0.2, 0) is 14.8 Å². The van der Waals surface area contributed by atoms with Gasteiger partial charge in [0.2, 0.25) is 10.0 Å². The number of methoxy groups -OCH3 is 1. The van der Waals surface area contributed by atoms with Crippen LogP contribution in [0.4, 0.5) is 5.69 Å². The van der Waals surface area contributed by atoms with E-state index in [1.165, 1.54) is 7.05 Å². The summed E-state index contributed by atoms with van der Waals surface area (Å²) in [6.07, 6.45) is 0.594. The molecule has 9 heteroatoms. The standard InChI is InChI=1S/C12H16N2O6S/c1-4-7-13(2)21(18,19)11-6-5-9(14(16)17)8-10(11)12(15)20-3/h5-6,8H,4,7H2,1-3H3. The van der Waals surface area contributed by atoms with Gasteiger partial charge in [-0.1, -0.05) is 6.92 Å². The van der Waals surface area contributed by atoms with Crippen molar-refractivity contribution in [2.75, 3.05) is 20.7 Å². The quantitative estimate of drug-likeness (QED) is 0.446. The Bertz CT molecular complexity index is 656. The summed E-state index contributed by atoms with van der Waals surface area (Å²) >= 11 is 0. The van der Waals surface area contributed by atoms with Gasteiger partial charge in [-0.05, 0) is 12.5 Å². The Morgan fingerprint density at radius 1 is 1.43 bits per heavy atom. The predicted molar refractivity (Wildman–Crippen MR) is 74.5 cm³/mol. The second kappa shape index (κ2) is 6.64. The van der Waals surface area contributed by atoms with Crippen molar-refractivity contribution in [3.63, 3.8) is 0 Å². The summed E-state index contributed by atoms with van der Waals surface area (Å²) in [5, 5.41) is 10.8. The lowest BCUT2D eigenvalue weighted by molar-refractivity contribution is -0.384. The molecule has 0 radical (unpaired) electrons. The van der Waals surface area contributed by atoms with Gasteiger partial charge in [-0.25, -0.2) is 17.5 Å². The van der Waals surface area contributed by atoms with Gasteiger partial charge in [0.05, 0.1) is 22.5 Å². The molecule has 1 rings (SSSR count). The van der Waals surface area contributed by atoms with Crippen LogP contribution in [0.2, 0.25) is 0 Å². The zero-order valence-electron chi connectivity index (χ0n) is 11.9. The molecule has 0 atom stereocenters. The van der Waals surface area contributed by atoms with Crippen molar-refractivity contribution >= 4 is 21.7 Å². The van der Waals surface area contributed by atoms with E-state index < -0.39 is 20.9 Å². The third kappa shape index (κ3) is 3.56. The minimum absolute atomic E-state index is 0.264. The van der Waals surface area contributed by atoms with Crippen LogP contribution in [0.25, 0.3) is 0 Å². The monoisotopic (exact) mass is 316 g/mol. The second-order valence-corrected chi connectivity index (χ2v) is 6.27. The van der Waals surface area contributed by atoms with Gasteiger partial charge in [0.1, 0.15) is 0 Å². The number of nitro groups is 1. The molecule has 21 heavy (non-hydrogen) atoms. The van der Waals surface area contributed by atoms with E-state index in [1.54, 1.807) is 0 Å². The molecule has 0 aromatic heterocycles. The van der Waals surface area contributed by atoms with Gasteiger partial charge in [-0.2, -0.15) is 0 Å². The number of nitro benzene ring substituents is 1. The van der Waals surface area contributed by atoms with Crippen LogP contribution >= 0.6 is 0 Å². The van der Waals surface area contributed by atoms with E-state index in [1.807, 2.05) is 6.92 Å². The maximum Gasteiger partial charge on any atom is 0.339 e. The molecule has 0 saturated heterocycles. The highest BCUT2D eigenvalue weighted by Gasteiger charge is 2.28. The third-order valence-electron chi connectivity index (χ3n) is 2.81. The summed E-state index contributed by atoms with van der Waals surface area (Å²) in [6, 6.07) is 2.99. The number of esters is 1. The number of carbonyl (C=O) groups excluding carboxylic acids is 1. The molecule has 0 aliphatic rings. The third-order valence-corrected chi connectivity index (χ3v) is 4.72. The largest absolute Gasteiger partial charge is 0.465 e. The number of carbonyl (C=O) groups is 1. The molecule has 0 aliphatic heterocycles. The number of sulfonamides is 1. The van der Waals surface area contributed by atoms with E-state index in [-0.39, 0.29) is 22.7 Å². The smallest absolute Gasteiger partial charge is 0.339 e. The fourth-order valence-electron chi connectivity index (χ4n) is 1.73. The maximum absolute atomic E-state index is 12.4. The molecular formula is C12H16N2O6S. The van der Waals surface area contributed by atoms with E-state index in [0.29, 0.717) is 6.42 Å². The van der Waals surface area contributed by atoms with E-state index in [2.05, 4.69) is 4.74 Å². The Balaban J connectivity index is 3.48. The van der Waals surface area contributed by atoms with Crippen LogP contribution in [0.5, 0.6) is 0 Å². The fourth-order valence-corrected chi connectivity index (χ4v) is 3.15. The van der Waals surface area contributed by atoms with E-state index in [4.69, 9.17) is 0 Å². The molecule has 8 nitrogen and oxygen atoms in total. The summed E-state index contributed by atoms with van der Waals surface area (Å²) in [5.41, 5.74) is -0.734. The minimum Gasteiger partial charge on any atom is -0.465 e. The van der Waals surface area contributed by atoms with Crippen LogP contribution in [0.15, 0.2) is 23.1 Å². The summed E-state index contributed by atoms with van der Waals surface area (Å²) in [7, 11) is -1.47. The first kappa shape index (κ1) is 17.1. The van der Waals surface area contributed by atoms with Crippen molar-refractivity contribution < 1.29 is 22.9 Å². The van der Waals surface area contributed by atoms with Crippen molar-refractivity contribution in [1.82, 2.24) is 4.31 Å². The molecule has 0 amide bonds. The minimum atomic E-state index is -3.92. The molecule has 0 aliphatic carbocycles. The number of hydrogen-bond donors (Lipinski definition) is 0. The highest BCUT2D eigenvalue weighted by Crippen LogP contribution is 2.25. The van der Waals surface area contributed by atoms with Crippen molar-refractivity contribution in [3.8, 4) is 0 Å². The van der Waals surface area contributed by atoms with Gasteiger partial charge in [0, 0.05) is 25.7 Å². The van der Waals surface area contributed by atoms with Crippen molar-refractivity contribution in [3.05, 3.63) is 33.9 Å². The van der Waals surface area contributed by atoms with Crippen LogP contribution < -0.4 is 0 Å². The van der Waals surface area contributed by atoms with E-state index in [0.717, 1.165) is 29.6 Å². The molecule has 0 fully saturated rings. The molecule has 0 heterocycles. The maximum atomic E-state index is 12.4. The molecule has 0 N–H and O–H groups in total. The van der Waals surface area contributed by atoms with Crippen molar-refractivity contribution in [1.29, 1.82) is 0 Å². The molecule has 1 aromatic carbocycles. The molecule has 116 valence electrons. The predicted octanol–water partition coefficient (Wildman–Crippen LogP) is 1.41. The Kier molecular flexibility index (Phi) is 5.39. The van der Waals surface area contributed by atoms with E-state index >= 15 is 0 Å². The summed E-state index contributed by atoms with van der Waals surface area (Å²) in [4.78, 5) is 21.4. The van der Waals surface area contributed by atoms with Gasteiger partial charge in [-0.15, -0.1) is 0 Å². The topological polar surface area (TPSA) is 107 Å². The molecular weight excluding hydrogens is 300 g/mol. The summed E-state index contributed by atoms with van der Waals surface area (Å²) < 4.78 is 30.4. The van der Waals surface area contributed by atoms with Crippen LogP contribution in [0.1, 0.15) is 23.7 Å². The Labute approximate surface area is 122 Å². The van der Waals surface area contributed by atoms with Gasteiger partial charge >= 0.3 is 5.97 Å². The molecule has 1 aromatic rings. The first-order chi connectivity index (χ1) is 9.75. The number of hydrogen-bond acceptors (Lipinski definition) is 6. The number of nitrogens with zero attached hydrogens (tertiary/aromatic N) is 2. The molecule has 0 bridgehead atoms. The lowest BCUT2D eigenvalue weighted by Crippen LogP contribution is -2.29. The molecule has 0 unspecified atom stereocenters. The van der Waals surface area contributed by atoms with E-state index in [9.17, 15) is 23.3 Å². The molecule has 0 spiro atoms.